The largest absolute Gasteiger partial charge is 0.275 e. The summed E-state index contributed by atoms with van der Waals surface area (Å²) in [5.74, 6) is 2.20. The first kappa shape index (κ1) is 14.5. The van der Waals surface area contributed by atoms with Crippen molar-refractivity contribution in [1.29, 1.82) is 0 Å². The molecule has 6 aliphatic heterocycles. The van der Waals surface area contributed by atoms with Crippen molar-refractivity contribution in [2.45, 2.75) is 70.9 Å². The van der Waals surface area contributed by atoms with E-state index in [2.05, 4.69) is 6.92 Å². The van der Waals surface area contributed by atoms with Gasteiger partial charge in [0.2, 0.25) is 6.17 Å². The van der Waals surface area contributed by atoms with Crippen LogP contribution in [-0.2, 0) is 0 Å². The van der Waals surface area contributed by atoms with Crippen LogP contribution in [0, 0.1) is 11.8 Å². The van der Waals surface area contributed by atoms with E-state index in [0.717, 1.165) is 18.0 Å². The van der Waals surface area contributed by atoms with Crippen LogP contribution in [0.15, 0.2) is 0 Å². The van der Waals surface area contributed by atoms with Gasteiger partial charge >= 0.3 is 0 Å². The first-order chi connectivity index (χ1) is 10.3. The molecule has 6 aliphatic rings. The van der Waals surface area contributed by atoms with Crippen LogP contribution in [0.25, 0.3) is 0 Å². The molecule has 0 N–H and O–H groups in total. The highest BCUT2D eigenvalue weighted by molar-refractivity contribution is 4.77. The van der Waals surface area contributed by atoms with E-state index in [9.17, 15) is 0 Å². The highest BCUT2D eigenvalue weighted by Crippen LogP contribution is 2.44. The lowest BCUT2D eigenvalue weighted by molar-refractivity contribution is -1.14. The highest BCUT2D eigenvalue weighted by Gasteiger charge is 2.56. The Hall–Kier alpha value is -0.0800. The smallest absolute Gasteiger partial charge is 0.216 e. The molecule has 0 saturated carbocycles. The van der Waals surface area contributed by atoms with Gasteiger partial charge in [0.15, 0.2) is 0 Å². The average molecular weight is 293 g/mol. The highest BCUT2D eigenvalue weighted by atomic mass is 15.6. The van der Waals surface area contributed by atoms with E-state index in [0.29, 0.717) is 0 Å². The van der Waals surface area contributed by atoms with Crippen molar-refractivity contribution in [3.63, 3.8) is 0 Å². The summed E-state index contributed by atoms with van der Waals surface area (Å²) in [6.07, 6.45) is 14.6. The maximum atomic E-state index is 2.39. The zero-order valence-electron chi connectivity index (χ0n) is 14.2. The van der Waals surface area contributed by atoms with Crippen LogP contribution >= 0.6 is 0 Å². The summed E-state index contributed by atoms with van der Waals surface area (Å²) >= 11 is 0. The third-order valence-electron chi connectivity index (χ3n) is 7.98. The standard InChI is InChI=1S/C19H36N2/c1-2-3-4-19(20-11-5-17(6-12-20)7-13-20)21-14-8-18(9-15-21)10-16-21/h17-19H,2-16H2,1H3/q+2. The molecule has 0 spiro atoms. The zero-order chi connectivity index (χ0) is 14.3. The number of rotatable bonds is 5. The minimum atomic E-state index is 0.979. The van der Waals surface area contributed by atoms with Gasteiger partial charge in [0.1, 0.15) is 0 Å². The SMILES string of the molecule is CCCCC([N+]12CCC(CC1)CC2)[N+]12CCC(CC1)CC2. The molecule has 21 heavy (non-hydrogen) atoms. The lowest BCUT2D eigenvalue weighted by Crippen LogP contribution is -2.76. The van der Waals surface area contributed by atoms with E-state index in [1.807, 2.05) is 0 Å². The quantitative estimate of drug-likeness (QED) is 0.677. The van der Waals surface area contributed by atoms with E-state index in [1.54, 1.807) is 47.5 Å². The fourth-order valence-corrected chi connectivity index (χ4v) is 6.52. The Morgan fingerprint density at radius 1 is 0.714 bits per heavy atom. The molecular weight excluding hydrogens is 256 g/mol. The molecule has 0 aromatic rings. The predicted molar refractivity (Wildman–Crippen MR) is 87.7 cm³/mol. The molecule has 0 aromatic carbocycles. The van der Waals surface area contributed by atoms with Crippen molar-refractivity contribution >= 4 is 0 Å². The average Bonchev–Trinajstić information content (AvgIpc) is 2.58. The number of piperidine rings is 6. The van der Waals surface area contributed by atoms with Gasteiger partial charge < -0.3 is 0 Å². The van der Waals surface area contributed by atoms with Crippen LogP contribution in [0.4, 0.5) is 0 Å². The third-order valence-corrected chi connectivity index (χ3v) is 7.98. The molecule has 6 fully saturated rings. The molecule has 4 bridgehead atoms. The van der Waals surface area contributed by atoms with Gasteiger partial charge in [-0.15, -0.1) is 0 Å². The number of hydrogen-bond donors (Lipinski definition) is 0. The van der Waals surface area contributed by atoms with Crippen LogP contribution in [0.2, 0.25) is 0 Å². The van der Waals surface area contributed by atoms with Gasteiger partial charge in [0.05, 0.1) is 45.7 Å². The van der Waals surface area contributed by atoms with E-state index >= 15 is 0 Å². The monoisotopic (exact) mass is 292 g/mol. The maximum Gasteiger partial charge on any atom is 0.216 e. The number of nitrogens with zero attached hydrogens (tertiary/aromatic N) is 2. The van der Waals surface area contributed by atoms with Crippen LogP contribution in [0.1, 0.15) is 64.7 Å². The second-order valence-corrected chi connectivity index (χ2v) is 8.87. The molecule has 6 saturated heterocycles. The summed E-state index contributed by atoms with van der Waals surface area (Å²) in [7, 11) is 0. The van der Waals surface area contributed by atoms with Crippen LogP contribution in [0.5, 0.6) is 0 Å². The Labute approximate surface area is 131 Å². The van der Waals surface area contributed by atoms with Gasteiger partial charge in [0.25, 0.3) is 0 Å². The predicted octanol–water partition coefficient (Wildman–Crippen LogP) is 3.76. The second kappa shape index (κ2) is 5.53. The minimum Gasteiger partial charge on any atom is -0.275 e. The Morgan fingerprint density at radius 3 is 1.43 bits per heavy atom. The van der Waals surface area contributed by atoms with Crippen molar-refractivity contribution in [2.24, 2.45) is 11.8 Å². The Kier molecular flexibility index (Phi) is 3.82. The summed E-state index contributed by atoms with van der Waals surface area (Å²) < 4.78 is 3.09. The van der Waals surface area contributed by atoms with E-state index in [-0.39, 0.29) is 0 Å². The molecule has 0 aliphatic carbocycles. The van der Waals surface area contributed by atoms with Crippen LogP contribution < -0.4 is 0 Å². The molecule has 6 rings (SSSR count). The van der Waals surface area contributed by atoms with Crippen molar-refractivity contribution in [3.8, 4) is 0 Å². The molecule has 6 heterocycles. The number of fused-ring (bicyclic) bond motifs is 6. The molecule has 0 atom stereocenters. The summed E-state index contributed by atoms with van der Waals surface area (Å²) in [5.41, 5.74) is 0. The van der Waals surface area contributed by atoms with Crippen molar-refractivity contribution < 1.29 is 8.97 Å². The molecule has 0 radical (unpaired) electrons. The molecule has 0 aromatic heterocycles. The summed E-state index contributed by atoms with van der Waals surface area (Å²) in [4.78, 5) is 0. The topological polar surface area (TPSA) is 0 Å². The first-order valence-corrected chi connectivity index (χ1v) is 9.98. The van der Waals surface area contributed by atoms with Gasteiger partial charge in [-0.3, -0.25) is 8.97 Å². The molecule has 2 heteroatoms. The van der Waals surface area contributed by atoms with E-state index in [1.165, 1.54) is 58.5 Å². The van der Waals surface area contributed by atoms with Gasteiger partial charge in [0, 0.05) is 38.5 Å². The zero-order valence-corrected chi connectivity index (χ0v) is 14.2. The number of hydrogen-bond acceptors (Lipinski definition) is 0. The molecule has 120 valence electrons. The Balaban J connectivity index is 1.61. The minimum absolute atomic E-state index is 0.979. The lowest BCUT2D eigenvalue weighted by atomic mass is 9.81. The van der Waals surface area contributed by atoms with Crippen molar-refractivity contribution in [1.82, 2.24) is 0 Å². The molecule has 2 nitrogen and oxygen atoms in total. The summed E-state index contributed by atoms with van der Waals surface area (Å²) in [6.45, 7) is 11.6. The van der Waals surface area contributed by atoms with E-state index in [4.69, 9.17) is 0 Å². The number of unbranched alkanes of at least 4 members (excludes halogenated alkanes) is 1. The summed E-state index contributed by atoms with van der Waals surface area (Å²) in [6, 6.07) is 0. The Morgan fingerprint density at radius 2 is 1.10 bits per heavy atom. The van der Waals surface area contributed by atoms with Crippen molar-refractivity contribution in [3.05, 3.63) is 0 Å². The molecule has 0 unspecified atom stereocenters. The fraction of sp³-hybridized carbons (Fsp3) is 1.00. The third kappa shape index (κ3) is 2.37. The van der Waals surface area contributed by atoms with Gasteiger partial charge in [-0.05, 0) is 18.3 Å². The van der Waals surface area contributed by atoms with Gasteiger partial charge in [-0.1, -0.05) is 13.3 Å². The van der Waals surface area contributed by atoms with Gasteiger partial charge in [-0.2, -0.15) is 0 Å². The van der Waals surface area contributed by atoms with Crippen LogP contribution in [0.3, 0.4) is 0 Å². The fourth-order valence-electron chi connectivity index (χ4n) is 6.52. The van der Waals surface area contributed by atoms with Gasteiger partial charge in [-0.25, -0.2) is 0 Å². The number of quaternary nitrogens is 2. The molecular formula is C19H36N2+2. The normalized spacial score (nSPS) is 46.7. The summed E-state index contributed by atoms with van der Waals surface area (Å²) in [5, 5.41) is 0. The first-order valence-electron chi connectivity index (χ1n) is 9.98. The van der Waals surface area contributed by atoms with Crippen molar-refractivity contribution in [2.75, 3.05) is 39.3 Å². The van der Waals surface area contributed by atoms with Crippen LogP contribution in [-0.4, -0.2) is 54.4 Å². The lowest BCUT2D eigenvalue weighted by Gasteiger charge is -2.61. The second-order valence-electron chi connectivity index (χ2n) is 8.87. The maximum absolute atomic E-state index is 2.39. The van der Waals surface area contributed by atoms with E-state index < -0.39 is 0 Å². The molecule has 0 amide bonds. The Bertz CT molecular complexity index is 302.